The largest absolute Gasteiger partial charge is 0.356 e. The van der Waals surface area contributed by atoms with E-state index >= 15 is 0 Å². The Kier molecular flexibility index (Phi) is 4.45. The average Bonchev–Trinajstić information content (AvgIpc) is 3.10. The lowest BCUT2D eigenvalue weighted by molar-refractivity contribution is -0.169. The quantitative estimate of drug-likeness (QED) is 0.910. The van der Waals surface area contributed by atoms with E-state index in [1.54, 1.807) is 12.1 Å². The predicted molar refractivity (Wildman–Crippen MR) is 97.3 cm³/mol. The zero-order valence-corrected chi connectivity index (χ0v) is 14.7. The lowest BCUT2D eigenvalue weighted by atomic mass is 10.0. The Morgan fingerprint density at radius 2 is 1.92 bits per heavy atom. The maximum absolute atomic E-state index is 9.04. The van der Waals surface area contributed by atoms with Crippen molar-refractivity contribution in [2.75, 3.05) is 36.5 Å². The molecular weight excluding hydrogens is 330 g/mol. The first kappa shape index (κ1) is 16.8. The van der Waals surface area contributed by atoms with Crippen molar-refractivity contribution in [3.63, 3.8) is 0 Å². The van der Waals surface area contributed by atoms with E-state index in [4.69, 9.17) is 14.7 Å². The highest BCUT2D eigenvalue weighted by molar-refractivity contribution is 5.58. The van der Waals surface area contributed by atoms with Crippen molar-refractivity contribution in [1.82, 2.24) is 9.97 Å². The number of nitrogens with zero attached hydrogens (tertiary/aromatic N) is 4. The molecule has 4 rings (SSSR count). The number of nitriles is 1. The second kappa shape index (κ2) is 6.90. The highest BCUT2D eigenvalue weighted by Gasteiger charge is 2.40. The van der Waals surface area contributed by atoms with Crippen LogP contribution < -0.4 is 10.2 Å². The van der Waals surface area contributed by atoms with Crippen molar-refractivity contribution in [1.29, 1.82) is 5.26 Å². The number of ether oxygens (including phenoxy) is 2. The summed E-state index contributed by atoms with van der Waals surface area (Å²) in [5.74, 6) is 1.03. The number of hydrogen-bond acceptors (Lipinski definition) is 7. The maximum Gasteiger partial charge on any atom is 0.229 e. The number of hydrogen-bond donors (Lipinski definition) is 1. The van der Waals surface area contributed by atoms with E-state index in [1.807, 2.05) is 25.1 Å². The molecule has 3 heterocycles. The molecule has 1 aromatic heterocycles. The minimum absolute atomic E-state index is 0.391. The van der Waals surface area contributed by atoms with Gasteiger partial charge in [0.15, 0.2) is 5.79 Å². The van der Waals surface area contributed by atoms with Crippen LogP contribution in [0.4, 0.5) is 17.5 Å². The molecule has 2 fully saturated rings. The van der Waals surface area contributed by atoms with Gasteiger partial charge in [-0.15, -0.1) is 0 Å². The van der Waals surface area contributed by atoms with Crippen LogP contribution in [0.5, 0.6) is 0 Å². The molecule has 0 amide bonds. The van der Waals surface area contributed by atoms with Crippen LogP contribution in [0.15, 0.2) is 30.3 Å². The minimum Gasteiger partial charge on any atom is -0.356 e. The Hall–Kier alpha value is -2.69. The van der Waals surface area contributed by atoms with Crippen LogP contribution in [0.3, 0.4) is 0 Å². The van der Waals surface area contributed by atoms with E-state index in [0.29, 0.717) is 24.7 Å². The van der Waals surface area contributed by atoms with Gasteiger partial charge in [0, 0.05) is 43.4 Å². The molecule has 0 radical (unpaired) electrons. The Labute approximate surface area is 152 Å². The van der Waals surface area contributed by atoms with Crippen molar-refractivity contribution < 1.29 is 9.47 Å². The number of anilines is 3. The van der Waals surface area contributed by atoms with Crippen LogP contribution >= 0.6 is 0 Å². The number of benzene rings is 1. The third-order valence-corrected chi connectivity index (χ3v) is 4.75. The molecule has 0 atom stereocenters. The van der Waals surface area contributed by atoms with Crippen molar-refractivity contribution in [2.24, 2.45) is 0 Å². The van der Waals surface area contributed by atoms with Crippen LogP contribution in [0, 0.1) is 18.3 Å². The monoisotopic (exact) mass is 351 g/mol. The predicted octanol–water partition coefficient (Wildman–Crippen LogP) is 2.74. The standard InChI is InChI=1S/C19H21N5O2/c1-14-11-17(24-7-5-19(6-8-24)25-9-10-26-19)23-18(21-14)22-16-4-2-3-15(12-16)13-20/h2-4,11-12H,5-10H2,1H3,(H,21,22,23). The van der Waals surface area contributed by atoms with E-state index in [1.165, 1.54) is 0 Å². The van der Waals surface area contributed by atoms with Gasteiger partial charge in [-0.2, -0.15) is 10.2 Å². The normalized spacial score (nSPS) is 18.7. The summed E-state index contributed by atoms with van der Waals surface area (Å²) in [6.07, 6.45) is 1.67. The Morgan fingerprint density at radius 3 is 2.65 bits per heavy atom. The molecule has 1 N–H and O–H groups in total. The molecule has 1 spiro atoms. The van der Waals surface area contributed by atoms with Crippen LogP contribution in [-0.2, 0) is 9.47 Å². The lowest BCUT2D eigenvalue weighted by Gasteiger charge is -2.38. The molecule has 7 heteroatoms. The van der Waals surface area contributed by atoms with E-state index in [-0.39, 0.29) is 0 Å². The van der Waals surface area contributed by atoms with Crippen LogP contribution in [0.2, 0.25) is 0 Å². The molecule has 0 unspecified atom stereocenters. The second-order valence-corrected chi connectivity index (χ2v) is 6.60. The summed E-state index contributed by atoms with van der Waals surface area (Å²) in [6, 6.07) is 11.4. The van der Waals surface area contributed by atoms with Crippen molar-refractivity contribution in [3.8, 4) is 6.07 Å². The second-order valence-electron chi connectivity index (χ2n) is 6.60. The summed E-state index contributed by atoms with van der Waals surface area (Å²) in [5.41, 5.74) is 2.29. The highest BCUT2D eigenvalue weighted by Crippen LogP contribution is 2.33. The average molecular weight is 351 g/mol. The summed E-state index contributed by atoms with van der Waals surface area (Å²) < 4.78 is 11.6. The van der Waals surface area contributed by atoms with Gasteiger partial charge in [-0.05, 0) is 25.1 Å². The topological polar surface area (TPSA) is 83.3 Å². The fourth-order valence-electron chi connectivity index (χ4n) is 3.43. The van der Waals surface area contributed by atoms with Crippen molar-refractivity contribution >= 4 is 17.5 Å². The number of nitrogens with one attached hydrogen (secondary N) is 1. The zero-order valence-electron chi connectivity index (χ0n) is 14.7. The Bertz CT molecular complexity index is 832. The van der Waals surface area contributed by atoms with Crippen LogP contribution in [-0.4, -0.2) is 42.1 Å². The van der Waals surface area contributed by atoms with Gasteiger partial charge in [0.1, 0.15) is 5.82 Å². The van der Waals surface area contributed by atoms with E-state index in [2.05, 4.69) is 26.3 Å². The molecule has 26 heavy (non-hydrogen) atoms. The SMILES string of the molecule is Cc1cc(N2CCC3(CC2)OCCO3)nc(Nc2cccc(C#N)c2)n1. The van der Waals surface area contributed by atoms with Gasteiger partial charge in [-0.1, -0.05) is 6.07 Å². The molecule has 0 bridgehead atoms. The third-order valence-electron chi connectivity index (χ3n) is 4.75. The summed E-state index contributed by atoms with van der Waals surface area (Å²) in [5, 5.41) is 12.2. The molecule has 0 saturated carbocycles. The van der Waals surface area contributed by atoms with Gasteiger partial charge < -0.3 is 19.7 Å². The van der Waals surface area contributed by atoms with E-state index in [9.17, 15) is 0 Å². The lowest BCUT2D eigenvalue weighted by Crippen LogP contribution is -2.45. The van der Waals surface area contributed by atoms with Gasteiger partial charge in [-0.25, -0.2) is 4.98 Å². The van der Waals surface area contributed by atoms with Crippen molar-refractivity contribution in [3.05, 3.63) is 41.6 Å². The van der Waals surface area contributed by atoms with E-state index < -0.39 is 5.79 Å². The zero-order chi connectivity index (χ0) is 18.0. The molecule has 2 saturated heterocycles. The number of aromatic nitrogens is 2. The maximum atomic E-state index is 9.04. The van der Waals surface area contributed by atoms with Gasteiger partial charge >= 0.3 is 0 Å². The highest BCUT2D eigenvalue weighted by atomic mass is 16.7. The summed E-state index contributed by atoms with van der Waals surface area (Å²) in [6.45, 7) is 4.99. The van der Waals surface area contributed by atoms with Crippen LogP contribution in [0.25, 0.3) is 0 Å². The first-order valence-electron chi connectivity index (χ1n) is 8.82. The molecule has 2 aromatic rings. The Morgan fingerprint density at radius 1 is 1.15 bits per heavy atom. The molecule has 0 aliphatic carbocycles. The fraction of sp³-hybridized carbons (Fsp3) is 0.421. The molecule has 134 valence electrons. The van der Waals surface area contributed by atoms with Crippen LogP contribution in [0.1, 0.15) is 24.1 Å². The van der Waals surface area contributed by atoms with Gasteiger partial charge in [0.2, 0.25) is 5.95 Å². The first-order chi connectivity index (χ1) is 12.7. The first-order valence-corrected chi connectivity index (χ1v) is 8.82. The number of rotatable bonds is 3. The molecule has 7 nitrogen and oxygen atoms in total. The van der Waals surface area contributed by atoms with Gasteiger partial charge in [0.05, 0.1) is 24.8 Å². The number of piperidine rings is 1. The van der Waals surface area contributed by atoms with Gasteiger partial charge in [0.25, 0.3) is 0 Å². The van der Waals surface area contributed by atoms with E-state index in [0.717, 1.165) is 43.1 Å². The number of aryl methyl sites for hydroxylation is 1. The third kappa shape index (κ3) is 3.47. The summed E-state index contributed by atoms with van der Waals surface area (Å²) >= 11 is 0. The molecule has 2 aliphatic heterocycles. The summed E-state index contributed by atoms with van der Waals surface area (Å²) in [7, 11) is 0. The fourth-order valence-corrected chi connectivity index (χ4v) is 3.43. The minimum atomic E-state index is -0.391. The summed E-state index contributed by atoms with van der Waals surface area (Å²) in [4.78, 5) is 11.4. The Balaban J connectivity index is 1.50. The molecular formula is C19H21N5O2. The van der Waals surface area contributed by atoms with Crippen molar-refractivity contribution in [2.45, 2.75) is 25.6 Å². The molecule has 2 aliphatic rings. The molecule has 1 aromatic carbocycles. The smallest absolute Gasteiger partial charge is 0.229 e. The van der Waals surface area contributed by atoms with Gasteiger partial charge in [-0.3, -0.25) is 0 Å².